The Morgan fingerprint density at radius 2 is 0.661 bits per heavy atom. The van der Waals surface area contributed by atoms with Gasteiger partial charge in [-0.2, -0.15) is 0 Å². The zero-order chi connectivity index (χ0) is 45.1. The summed E-state index contributed by atoms with van der Waals surface area (Å²) in [5.74, 6) is -1.04. The molecule has 0 spiro atoms. The first kappa shape index (κ1) is 58.3. The van der Waals surface area contributed by atoms with Gasteiger partial charge in [0.2, 0.25) is 0 Å². The second-order valence-corrected chi connectivity index (χ2v) is 16.3. The van der Waals surface area contributed by atoms with Gasteiger partial charge >= 0.3 is 17.9 Å². The van der Waals surface area contributed by atoms with E-state index in [-0.39, 0.29) is 31.6 Å². The quantitative estimate of drug-likeness (QED) is 0.0263. The van der Waals surface area contributed by atoms with Crippen LogP contribution in [0.3, 0.4) is 0 Å². The first-order chi connectivity index (χ1) is 30.5. The summed E-state index contributed by atoms with van der Waals surface area (Å²) in [5.41, 5.74) is 0. The number of rotatable bonds is 44. The van der Waals surface area contributed by atoms with Crippen molar-refractivity contribution in [2.75, 3.05) is 13.2 Å². The summed E-state index contributed by atoms with van der Waals surface area (Å²) < 4.78 is 16.7. The molecule has 0 aliphatic carbocycles. The summed E-state index contributed by atoms with van der Waals surface area (Å²) in [6, 6.07) is 0. The lowest BCUT2D eigenvalue weighted by Crippen LogP contribution is -2.30. The average molecular weight is 861 g/mol. The summed E-state index contributed by atoms with van der Waals surface area (Å²) >= 11 is 0. The van der Waals surface area contributed by atoms with Gasteiger partial charge in [-0.25, -0.2) is 0 Å². The second-order valence-electron chi connectivity index (χ2n) is 16.3. The maximum atomic E-state index is 12.7. The summed E-state index contributed by atoms with van der Waals surface area (Å²) in [7, 11) is 0. The molecule has 0 aliphatic rings. The highest BCUT2D eigenvalue weighted by Crippen LogP contribution is 2.13. The molecular weight excluding hydrogens is 769 g/mol. The molecule has 0 aromatic carbocycles. The molecule has 0 bridgehead atoms. The van der Waals surface area contributed by atoms with E-state index in [1.54, 1.807) is 0 Å². The number of ether oxygens (including phenoxy) is 3. The molecule has 6 nitrogen and oxygen atoms in total. The number of hydrogen-bond acceptors (Lipinski definition) is 6. The van der Waals surface area contributed by atoms with Gasteiger partial charge in [-0.3, -0.25) is 14.4 Å². The summed E-state index contributed by atoms with van der Waals surface area (Å²) in [4.78, 5) is 37.9. The minimum Gasteiger partial charge on any atom is -0.462 e. The molecule has 352 valence electrons. The van der Waals surface area contributed by atoms with Crippen molar-refractivity contribution in [3.8, 4) is 0 Å². The van der Waals surface area contributed by atoms with Crippen LogP contribution in [0.5, 0.6) is 0 Å². The standard InChI is InChI=1S/C56H92O6/c1-4-7-10-13-16-19-22-25-26-27-28-29-32-34-37-40-43-46-49-55(58)61-52-53(62-56(59)50-47-44-41-38-35-31-24-21-18-15-12-9-6-3)51-60-54(57)48-45-42-39-36-33-30-23-20-17-14-11-8-5-2/h8-9,11-12,17-18,20-21,26-27,30-31,33,35,41,44,53H,4-7,10,13-16,19,22-25,28-29,32,34,36-40,42-43,45-52H2,1-3H3/b11-8-,12-9-,20-17-,21-18-,27-26-,33-30-,35-31-,44-41-. The topological polar surface area (TPSA) is 78.9 Å². The first-order valence-corrected chi connectivity index (χ1v) is 25.2. The molecule has 62 heavy (non-hydrogen) atoms. The molecule has 0 aromatic rings. The molecule has 0 aromatic heterocycles. The van der Waals surface area contributed by atoms with Crippen LogP contribution in [0.15, 0.2) is 97.2 Å². The number of unbranched alkanes of at least 4 members (excludes halogenated alkanes) is 17. The van der Waals surface area contributed by atoms with E-state index in [9.17, 15) is 14.4 Å². The van der Waals surface area contributed by atoms with Crippen LogP contribution in [0.1, 0.15) is 220 Å². The molecule has 0 radical (unpaired) electrons. The van der Waals surface area contributed by atoms with E-state index in [0.717, 1.165) is 89.9 Å². The molecule has 0 heterocycles. The third-order valence-corrected chi connectivity index (χ3v) is 10.3. The lowest BCUT2D eigenvalue weighted by molar-refractivity contribution is -0.166. The number of carbonyl (C=O) groups is 3. The largest absolute Gasteiger partial charge is 0.462 e. The van der Waals surface area contributed by atoms with Gasteiger partial charge in [-0.15, -0.1) is 0 Å². The Balaban J connectivity index is 4.48. The fourth-order valence-electron chi connectivity index (χ4n) is 6.58. The Kier molecular flexibility index (Phi) is 47.0. The minimum absolute atomic E-state index is 0.119. The minimum atomic E-state index is -0.829. The zero-order valence-corrected chi connectivity index (χ0v) is 40.1. The van der Waals surface area contributed by atoms with E-state index in [1.165, 1.54) is 83.5 Å². The summed E-state index contributed by atoms with van der Waals surface area (Å²) in [6.07, 6.45) is 65.5. The number of hydrogen-bond donors (Lipinski definition) is 0. The van der Waals surface area contributed by atoms with E-state index in [4.69, 9.17) is 14.2 Å². The van der Waals surface area contributed by atoms with Gasteiger partial charge in [0.15, 0.2) is 6.10 Å². The van der Waals surface area contributed by atoms with Gasteiger partial charge in [0.05, 0.1) is 0 Å². The lowest BCUT2D eigenvalue weighted by atomic mass is 10.1. The Hall–Kier alpha value is -3.67. The van der Waals surface area contributed by atoms with Crippen molar-refractivity contribution in [2.24, 2.45) is 0 Å². The molecule has 0 N–H and O–H groups in total. The van der Waals surface area contributed by atoms with E-state index in [0.29, 0.717) is 19.3 Å². The third kappa shape index (κ3) is 47.4. The predicted molar refractivity (Wildman–Crippen MR) is 265 cm³/mol. The summed E-state index contributed by atoms with van der Waals surface area (Å²) in [6.45, 7) is 6.30. The van der Waals surface area contributed by atoms with Gasteiger partial charge in [0.1, 0.15) is 13.2 Å². The summed E-state index contributed by atoms with van der Waals surface area (Å²) in [5, 5.41) is 0. The third-order valence-electron chi connectivity index (χ3n) is 10.3. The highest BCUT2D eigenvalue weighted by atomic mass is 16.6. The number of esters is 3. The molecule has 0 saturated heterocycles. The van der Waals surface area contributed by atoms with E-state index in [1.807, 2.05) is 12.2 Å². The maximum absolute atomic E-state index is 12.7. The van der Waals surface area contributed by atoms with Crippen molar-refractivity contribution in [1.29, 1.82) is 0 Å². The van der Waals surface area contributed by atoms with Crippen LogP contribution in [0.2, 0.25) is 0 Å². The van der Waals surface area contributed by atoms with Crippen LogP contribution < -0.4 is 0 Å². The molecule has 0 fully saturated rings. The van der Waals surface area contributed by atoms with Crippen molar-refractivity contribution in [3.05, 3.63) is 97.2 Å². The van der Waals surface area contributed by atoms with Gasteiger partial charge in [-0.05, 0) is 103 Å². The van der Waals surface area contributed by atoms with Crippen molar-refractivity contribution < 1.29 is 28.6 Å². The highest BCUT2D eigenvalue weighted by Gasteiger charge is 2.19. The lowest BCUT2D eigenvalue weighted by Gasteiger charge is -2.18. The number of allylic oxidation sites excluding steroid dienone is 16. The van der Waals surface area contributed by atoms with Gasteiger partial charge in [0, 0.05) is 19.3 Å². The monoisotopic (exact) mass is 861 g/mol. The van der Waals surface area contributed by atoms with Crippen LogP contribution >= 0.6 is 0 Å². The van der Waals surface area contributed by atoms with Crippen molar-refractivity contribution >= 4 is 17.9 Å². The van der Waals surface area contributed by atoms with Crippen LogP contribution in [0.25, 0.3) is 0 Å². The molecule has 0 rings (SSSR count). The molecule has 1 unspecified atom stereocenters. The van der Waals surface area contributed by atoms with Crippen molar-refractivity contribution in [1.82, 2.24) is 0 Å². The normalized spacial score (nSPS) is 12.9. The van der Waals surface area contributed by atoms with Crippen LogP contribution in [-0.2, 0) is 28.6 Å². The van der Waals surface area contributed by atoms with Crippen molar-refractivity contribution in [3.63, 3.8) is 0 Å². The van der Waals surface area contributed by atoms with Crippen LogP contribution in [0, 0.1) is 0 Å². The fraction of sp³-hybridized carbons (Fsp3) is 0.661. The molecule has 6 heteroatoms. The average Bonchev–Trinajstić information content (AvgIpc) is 3.27. The van der Waals surface area contributed by atoms with Gasteiger partial charge < -0.3 is 14.2 Å². The van der Waals surface area contributed by atoms with E-state index >= 15 is 0 Å². The Bertz CT molecular complexity index is 1260. The second kappa shape index (κ2) is 50.0. The number of carbonyl (C=O) groups excluding carboxylic acids is 3. The van der Waals surface area contributed by atoms with Crippen molar-refractivity contribution in [2.45, 2.75) is 226 Å². The Morgan fingerprint density at radius 3 is 1.08 bits per heavy atom. The predicted octanol–water partition coefficient (Wildman–Crippen LogP) is 16.6. The maximum Gasteiger partial charge on any atom is 0.306 e. The van der Waals surface area contributed by atoms with Gasteiger partial charge in [-0.1, -0.05) is 195 Å². The van der Waals surface area contributed by atoms with Crippen LogP contribution in [0.4, 0.5) is 0 Å². The first-order valence-electron chi connectivity index (χ1n) is 25.2. The fourth-order valence-corrected chi connectivity index (χ4v) is 6.58. The zero-order valence-electron chi connectivity index (χ0n) is 40.1. The van der Waals surface area contributed by atoms with Crippen LogP contribution in [-0.4, -0.2) is 37.2 Å². The van der Waals surface area contributed by atoms with Gasteiger partial charge in [0.25, 0.3) is 0 Å². The Morgan fingerprint density at radius 1 is 0.339 bits per heavy atom. The SMILES string of the molecule is CC/C=C\C/C=C\C/C=C\C/C=C\CCC(=O)OC(COC(=O)CCCCC/C=C\C/C=C\C/C=C\CC)COC(=O)CCCCCCCCC/C=C\CCCCCCCCC. The molecular formula is C56H92O6. The van der Waals surface area contributed by atoms with E-state index < -0.39 is 12.1 Å². The molecule has 0 aliphatic heterocycles. The Labute approximate surface area is 381 Å². The molecule has 0 amide bonds. The highest BCUT2D eigenvalue weighted by molar-refractivity contribution is 5.71. The molecule has 0 saturated carbocycles. The molecule has 1 atom stereocenters. The van der Waals surface area contributed by atoms with E-state index in [2.05, 4.69) is 106 Å². The smallest absolute Gasteiger partial charge is 0.306 e.